The third-order valence-corrected chi connectivity index (χ3v) is 6.20. The third kappa shape index (κ3) is 13.8. The topological polar surface area (TPSA) is 48.9 Å². The Balaban J connectivity index is 0.00000480. The van der Waals surface area contributed by atoms with Crippen LogP contribution in [-0.4, -0.2) is 69.5 Å². The second-order valence-electron chi connectivity index (χ2n) is 8.74. The highest BCUT2D eigenvalue weighted by Crippen LogP contribution is 2.24. The molecule has 2 rings (SSSR count). The molecule has 1 heterocycles. The monoisotopic (exact) mass is 562 g/mol. The van der Waals surface area contributed by atoms with Crippen molar-refractivity contribution >= 4 is 29.9 Å². The molecule has 31 heavy (non-hydrogen) atoms. The standard InChI is InChI=1S/C22H41F3N4O.HI/c1-26-21(27-13-6-7-17-30-20-8-4-2-3-5-9-20)28-14-10-19-11-15-29(16-12-19)18-22(23,24)25;/h19-20H,2-18H2,1H3,(H2,26,27,28);1H. The molecule has 0 spiro atoms. The minimum Gasteiger partial charge on any atom is -0.378 e. The first-order valence-electron chi connectivity index (χ1n) is 11.8. The van der Waals surface area contributed by atoms with Crippen LogP contribution in [0.5, 0.6) is 0 Å². The summed E-state index contributed by atoms with van der Waals surface area (Å²) in [5.74, 6) is 1.29. The van der Waals surface area contributed by atoms with Crippen LogP contribution in [0, 0.1) is 5.92 Å². The number of halogens is 4. The normalized spacial score (nSPS) is 20.2. The van der Waals surface area contributed by atoms with Gasteiger partial charge in [-0.25, -0.2) is 0 Å². The lowest BCUT2D eigenvalue weighted by atomic mass is 9.93. The molecule has 9 heteroatoms. The van der Waals surface area contributed by atoms with Crippen LogP contribution in [0.4, 0.5) is 13.2 Å². The summed E-state index contributed by atoms with van der Waals surface area (Å²) in [6.07, 6.45) is 8.88. The largest absolute Gasteiger partial charge is 0.401 e. The second kappa shape index (κ2) is 16.3. The number of hydrogen-bond donors (Lipinski definition) is 2. The lowest BCUT2D eigenvalue weighted by Crippen LogP contribution is -2.41. The number of likely N-dealkylation sites (tertiary alicyclic amines) is 1. The molecule has 1 aliphatic heterocycles. The molecule has 0 amide bonds. The third-order valence-electron chi connectivity index (χ3n) is 6.20. The number of aliphatic imine (C=N–C) groups is 1. The van der Waals surface area contributed by atoms with E-state index in [9.17, 15) is 13.2 Å². The van der Waals surface area contributed by atoms with E-state index in [-0.39, 0.29) is 24.0 Å². The predicted molar refractivity (Wildman–Crippen MR) is 131 cm³/mol. The summed E-state index contributed by atoms with van der Waals surface area (Å²) in [7, 11) is 1.76. The van der Waals surface area contributed by atoms with Gasteiger partial charge in [0.05, 0.1) is 12.6 Å². The van der Waals surface area contributed by atoms with E-state index in [1.807, 2.05) is 0 Å². The molecular formula is C22H42F3IN4O. The Morgan fingerprint density at radius 2 is 1.61 bits per heavy atom. The SMILES string of the molecule is CN=C(NCCCCOC1CCCCCC1)NCCC1CCN(CC(F)(F)F)CC1.I. The van der Waals surface area contributed by atoms with Gasteiger partial charge in [0.1, 0.15) is 0 Å². The molecule has 184 valence electrons. The van der Waals surface area contributed by atoms with Crippen molar-refractivity contribution < 1.29 is 17.9 Å². The highest BCUT2D eigenvalue weighted by molar-refractivity contribution is 14.0. The maximum Gasteiger partial charge on any atom is 0.401 e. The van der Waals surface area contributed by atoms with Crippen LogP contribution in [0.15, 0.2) is 4.99 Å². The van der Waals surface area contributed by atoms with Crippen LogP contribution in [0.25, 0.3) is 0 Å². The minimum absolute atomic E-state index is 0. The van der Waals surface area contributed by atoms with Crippen molar-refractivity contribution in [2.45, 2.75) is 82.9 Å². The van der Waals surface area contributed by atoms with Gasteiger partial charge in [-0.15, -0.1) is 24.0 Å². The number of nitrogens with one attached hydrogen (secondary N) is 2. The molecule has 0 aromatic heterocycles. The van der Waals surface area contributed by atoms with Crippen LogP contribution in [0.2, 0.25) is 0 Å². The number of nitrogens with zero attached hydrogens (tertiary/aromatic N) is 2. The zero-order valence-electron chi connectivity index (χ0n) is 19.0. The van der Waals surface area contributed by atoms with E-state index in [2.05, 4.69) is 15.6 Å². The van der Waals surface area contributed by atoms with Crippen molar-refractivity contribution in [3.63, 3.8) is 0 Å². The Kier molecular flexibility index (Phi) is 15.2. The first kappa shape index (κ1) is 28.7. The molecule has 2 N–H and O–H groups in total. The number of ether oxygens (including phenoxy) is 1. The fraction of sp³-hybridized carbons (Fsp3) is 0.955. The molecule has 0 atom stereocenters. The summed E-state index contributed by atoms with van der Waals surface area (Å²) < 4.78 is 43.4. The molecule has 5 nitrogen and oxygen atoms in total. The van der Waals surface area contributed by atoms with Crippen LogP contribution in [-0.2, 0) is 4.74 Å². The van der Waals surface area contributed by atoms with Gasteiger partial charge in [0.15, 0.2) is 5.96 Å². The zero-order valence-corrected chi connectivity index (χ0v) is 21.4. The van der Waals surface area contributed by atoms with Crippen molar-refractivity contribution in [1.82, 2.24) is 15.5 Å². The molecule has 0 aromatic carbocycles. The maximum atomic E-state index is 12.5. The number of unbranched alkanes of at least 4 members (excludes halogenated alkanes) is 1. The molecule has 1 saturated carbocycles. The lowest BCUT2D eigenvalue weighted by Gasteiger charge is -2.32. The highest BCUT2D eigenvalue weighted by atomic mass is 127. The minimum atomic E-state index is -4.09. The van der Waals surface area contributed by atoms with Gasteiger partial charge in [0, 0.05) is 26.7 Å². The maximum absolute atomic E-state index is 12.5. The predicted octanol–water partition coefficient (Wildman–Crippen LogP) is 4.95. The molecule has 1 aliphatic carbocycles. The second-order valence-corrected chi connectivity index (χ2v) is 8.74. The Labute approximate surface area is 203 Å². The van der Waals surface area contributed by atoms with Crippen molar-refractivity contribution in [2.75, 3.05) is 46.4 Å². The van der Waals surface area contributed by atoms with Crippen LogP contribution in [0.3, 0.4) is 0 Å². The van der Waals surface area contributed by atoms with Gasteiger partial charge in [0.25, 0.3) is 0 Å². The summed E-state index contributed by atoms with van der Waals surface area (Å²) in [5.41, 5.74) is 0. The lowest BCUT2D eigenvalue weighted by molar-refractivity contribution is -0.148. The summed E-state index contributed by atoms with van der Waals surface area (Å²) in [5, 5.41) is 6.67. The molecule has 0 aromatic rings. The van der Waals surface area contributed by atoms with Crippen molar-refractivity contribution in [2.24, 2.45) is 10.9 Å². The van der Waals surface area contributed by atoms with Crippen LogP contribution >= 0.6 is 24.0 Å². The van der Waals surface area contributed by atoms with Gasteiger partial charge in [-0.05, 0) is 64.0 Å². The average molecular weight is 563 g/mol. The van der Waals surface area contributed by atoms with Gasteiger partial charge in [-0.1, -0.05) is 25.7 Å². The summed E-state index contributed by atoms with van der Waals surface area (Å²) in [6.45, 7) is 2.81. The fourth-order valence-corrected chi connectivity index (χ4v) is 4.39. The van der Waals surface area contributed by atoms with Gasteiger partial charge in [-0.2, -0.15) is 13.2 Å². The van der Waals surface area contributed by atoms with Crippen molar-refractivity contribution in [1.29, 1.82) is 0 Å². The molecule has 0 radical (unpaired) electrons. The molecular weight excluding hydrogens is 520 g/mol. The van der Waals surface area contributed by atoms with E-state index in [0.717, 1.165) is 57.8 Å². The molecule has 2 fully saturated rings. The van der Waals surface area contributed by atoms with E-state index in [0.29, 0.717) is 25.1 Å². The molecule has 2 aliphatic rings. The van der Waals surface area contributed by atoms with Gasteiger partial charge < -0.3 is 15.4 Å². The number of rotatable bonds is 10. The Morgan fingerprint density at radius 3 is 2.23 bits per heavy atom. The Hall–Kier alpha value is -0.290. The number of alkyl halides is 3. The number of piperidine rings is 1. The first-order chi connectivity index (χ1) is 14.5. The highest BCUT2D eigenvalue weighted by Gasteiger charge is 2.32. The molecule has 0 unspecified atom stereocenters. The van der Waals surface area contributed by atoms with Crippen LogP contribution in [0.1, 0.15) is 70.6 Å². The first-order valence-corrected chi connectivity index (χ1v) is 11.8. The fourth-order valence-electron chi connectivity index (χ4n) is 4.39. The van der Waals surface area contributed by atoms with E-state index >= 15 is 0 Å². The van der Waals surface area contributed by atoms with Crippen molar-refractivity contribution in [3.05, 3.63) is 0 Å². The van der Waals surface area contributed by atoms with E-state index in [1.54, 1.807) is 7.05 Å². The zero-order chi connectivity index (χ0) is 21.7. The number of guanidine groups is 1. The summed E-state index contributed by atoms with van der Waals surface area (Å²) >= 11 is 0. The molecule has 0 bridgehead atoms. The van der Waals surface area contributed by atoms with E-state index in [1.165, 1.54) is 43.4 Å². The van der Waals surface area contributed by atoms with Gasteiger partial charge >= 0.3 is 6.18 Å². The van der Waals surface area contributed by atoms with Gasteiger partial charge in [-0.3, -0.25) is 9.89 Å². The quantitative estimate of drug-likeness (QED) is 0.130. The average Bonchev–Trinajstić information content (AvgIpc) is 2.98. The summed E-state index contributed by atoms with van der Waals surface area (Å²) in [4.78, 5) is 5.77. The van der Waals surface area contributed by atoms with Gasteiger partial charge in [0.2, 0.25) is 0 Å². The Morgan fingerprint density at radius 1 is 0.968 bits per heavy atom. The van der Waals surface area contributed by atoms with E-state index in [4.69, 9.17) is 4.74 Å². The Bertz CT molecular complexity index is 478. The van der Waals surface area contributed by atoms with E-state index < -0.39 is 12.7 Å². The smallest absolute Gasteiger partial charge is 0.378 e. The molecule has 1 saturated heterocycles. The summed E-state index contributed by atoms with van der Waals surface area (Å²) in [6, 6.07) is 0. The van der Waals surface area contributed by atoms with Crippen molar-refractivity contribution in [3.8, 4) is 0 Å². The van der Waals surface area contributed by atoms with Crippen LogP contribution < -0.4 is 10.6 Å². The number of hydrogen-bond acceptors (Lipinski definition) is 3.